The van der Waals surface area contributed by atoms with Gasteiger partial charge in [0.2, 0.25) is 11.8 Å². The van der Waals surface area contributed by atoms with Crippen molar-refractivity contribution >= 4 is 49.0 Å². The van der Waals surface area contributed by atoms with Crippen LogP contribution in [0.25, 0.3) is 0 Å². The number of hydrogen-bond acceptors (Lipinski definition) is 5. The summed E-state index contributed by atoms with van der Waals surface area (Å²) in [5, 5.41) is 9.11. The van der Waals surface area contributed by atoms with Gasteiger partial charge in [0.05, 0.1) is 29.9 Å². The number of aryl methyl sites for hydroxylation is 2. The van der Waals surface area contributed by atoms with Crippen LogP contribution in [-0.4, -0.2) is 34.9 Å². The number of aromatic nitrogens is 2. The molecular weight excluding hydrogens is 461 g/mol. The molecular formula is C21H30Cl3N5O2. The van der Waals surface area contributed by atoms with Gasteiger partial charge in [0, 0.05) is 25.4 Å². The number of hydrogen-bond donors (Lipinski definition) is 3. The maximum atomic E-state index is 12.9. The van der Waals surface area contributed by atoms with Crippen molar-refractivity contribution in [2.45, 2.75) is 39.8 Å². The molecule has 2 aromatic heterocycles. The molecule has 2 amide bonds. The van der Waals surface area contributed by atoms with Crippen molar-refractivity contribution in [3.63, 3.8) is 0 Å². The third-order valence-corrected chi connectivity index (χ3v) is 5.33. The van der Waals surface area contributed by atoms with E-state index in [2.05, 4.69) is 25.9 Å². The molecule has 2 aromatic rings. The molecule has 31 heavy (non-hydrogen) atoms. The predicted octanol–water partition coefficient (Wildman–Crippen LogP) is 2.66. The Labute approximate surface area is 201 Å². The van der Waals surface area contributed by atoms with Crippen LogP contribution in [0.2, 0.25) is 0 Å². The molecule has 0 spiro atoms. The van der Waals surface area contributed by atoms with Crippen LogP contribution in [0.3, 0.4) is 0 Å². The zero-order valence-corrected chi connectivity index (χ0v) is 20.1. The first kappa shape index (κ1) is 29.1. The highest BCUT2D eigenvalue weighted by Crippen LogP contribution is 2.30. The van der Waals surface area contributed by atoms with Crippen LogP contribution in [0.5, 0.6) is 0 Å². The van der Waals surface area contributed by atoms with Crippen molar-refractivity contribution < 1.29 is 9.59 Å². The molecule has 1 saturated heterocycles. The molecule has 1 fully saturated rings. The zero-order chi connectivity index (χ0) is 20.0. The lowest BCUT2D eigenvalue weighted by atomic mass is 9.82. The molecule has 0 saturated carbocycles. The van der Waals surface area contributed by atoms with Crippen molar-refractivity contribution in [1.29, 1.82) is 0 Å². The van der Waals surface area contributed by atoms with Crippen LogP contribution in [0.15, 0.2) is 36.7 Å². The molecule has 0 aromatic carbocycles. The van der Waals surface area contributed by atoms with Gasteiger partial charge in [0.1, 0.15) is 0 Å². The molecule has 3 N–H and O–H groups in total. The summed E-state index contributed by atoms with van der Waals surface area (Å²) >= 11 is 0. The van der Waals surface area contributed by atoms with Gasteiger partial charge in [-0.3, -0.25) is 19.6 Å². The first-order valence-electron chi connectivity index (χ1n) is 9.57. The Morgan fingerprint density at radius 1 is 0.968 bits per heavy atom. The van der Waals surface area contributed by atoms with Crippen LogP contribution in [0.1, 0.15) is 35.4 Å². The fraction of sp³-hybridized carbons (Fsp3) is 0.429. The Bertz CT molecular complexity index is 860. The Morgan fingerprint density at radius 2 is 1.52 bits per heavy atom. The first-order chi connectivity index (χ1) is 13.5. The molecule has 3 heterocycles. The largest absolute Gasteiger partial charge is 0.350 e. The van der Waals surface area contributed by atoms with Crippen molar-refractivity contribution in [3.8, 4) is 0 Å². The number of halogens is 3. The van der Waals surface area contributed by atoms with E-state index in [-0.39, 0.29) is 55.5 Å². The Hall–Kier alpha value is -1.93. The molecule has 0 aliphatic carbocycles. The summed E-state index contributed by atoms with van der Waals surface area (Å²) in [7, 11) is 0. The lowest BCUT2D eigenvalue weighted by molar-refractivity contribution is -0.135. The van der Waals surface area contributed by atoms with Gasteiger partial charge in [0.25, 0.3) is 0 Å². The zero-order valence-electron chi connectivity index (χ0n) is 17.6. The Balaban J connectivity index is 0.00000300. The van der Waals surface area contributed by atoms with E-state index in [9.17, 15) is 9.59 Å². The second kappa shape index (κ2) is 13.5. The molecule has 0 radical (unpaired) electrons. The van der Waals surface area contributed by atoms with Crippen molar-refractivity contribution in [1.82, 2.24) is 25.9 Å². The van der Waals surface area contributed by atoms with Crippen LogP contribution in [0, 0.1) is 19.3 Å². The minimum atomic E-state index is -0.730. The molecule has 1 unspecified atom stereocenters. The summed E-state index contributed by atoms with van der Waals surface area (Å²) in [6.07, 6.45) is 4.22. The maximum absolute atomic E-state index is 12.9. The van der Waals surface area contributed by atoms with Crippen molar-refractivity contribution in [3.05, 3.63) is 59.2 Å². The molecule has 1 atom stereocenters. The fourth-order valence-corrected chi connectivity index (χ4v) is 3.48. The third-order valence-electron chi connectivity index (χ3n) is 5.33. The number of nitrogens with one attached hydrogen (secondary N) is 3. The highest BCUT2D eigenvalue weighted by atomic mass is 35.5. The van der Waals surface area contributed by atoms with Gasteiger partial charge in [-0.15, -0.1) is 37.2 Å². The smallest absolute Gasteiger partial charge is 0.228 e. The Morgan fingerprint density at radius 3 is 2.00 bits per heavy atom. The number of rotatable bonds is 7. The average molecular weight is 491 g/mol. The maximum Gasteiger partial charge on any atom is 0.228 e. The number of amides is 2. The average Bonchev–Trinajstić information content (AvgIpc) is 3.16. The molecule has 10 heteroatoms. The van der Waals surface area contributed by atoms with E-state index in [1.807, 2.05) is 38.1 Å². The van der Waals surface area contributed by atoms with Gasteiger partial charge in [0.15, 0.2) is 0 Å². The third kappa shape index (κ3) is 7.61. The predicted molar refractivity (Wildman–Crippen MR) is 128 cm³/mol. The van der Waals surface area contributed by atoms with Gasteiger partial charge < -0.3 is 16.0 Å². The second-order valence-corrected chi connectivity index (χ2v) is 7.38. The molecule has 1 aliphatic heterocycles. The van der Waals surface area contributed by atoms with Crippen LogP contribution < -0.4 is 16.0 Å². The van der Waals surface area contributed by atoms with E-state index in [0.717, 1.165) is 29.1 Å². The van der Waals surface area contributed by atoms with Gasteiger partial charge in [-0.25, -0.2) is 0 Å². The molecule has 172 valence electrons. The lowest BCUT2D eigenvalue weighted by Crippen LogP contribution is -2.45. The van der Waals surface area contributed by atoms with E-state index < -0.39 is 5.41 Å². The van der Waals surface area contributed by atoms with Gasteiger partial charge in [-0.1, -0.05) is 12.1 Å². The summed E-state index contributed by atoms with van der Waals surface area (Å²) in [6, 6.07) is 7.67. The summed E-state index contributed by atoms with van der Waals surface area (Å²) < 4.78 is 0. The topological polar surface area (TPSA) is 96.0 Å². The van der Waals surface area contributed by atoms with E-state index in [1.54, 1.807) is 12.4 Å². The first-order valence-corrected chi connectivity index (χ1v) is 9.57. The van der Waals surface area contributed by atoms with E-state index in [1.165, 1.54) is 0 Å². The van der Waals surface area contributed by atoms with E-state index in [4.69, 9.17) is 0 Å². The van der Waals surface area contributed by atoms with Crippen molar-refractivity contribution in [2.24, 2.45) is 5.41 Å². The summed E-state index contributed by atoms with van der Waals surface area (Å²) in [5.74, 6) is -0.246. The minimum Gasteiger partial charge on any atom is -0.350 e. The highest BCUT2D eigenvalue weighted by Gasteiger charge is 2.42. The SMILES string of the molecule is Cc1cccnc1CNC(=O)CC1(C(=O)NCc2ncccc2C)CCNC1.Cl.Cl.Cl. The minimum absolute atomic E-state index is 0. The second-order valence-electron chi connectivity index (χ2n) is 7.38. The highest BCUT2D eigenvalue weighted by molar-refractivity contribution is 5.89. The quantitative estimate of drug-likeness (QED) is 0.554. The molecule has 3 rings (SSSR count). The summed E-state index contributed by atoms with van der Waals surface area (Å²) in [4.78, 5) is 34.1. The number of carbonyl (C=O) groups excluding carboxylic acids is 2. The molecule has 0 bridgehead atoms. The van der Waals surface area contributed by atoms with Gasteiger partial charge in [-0.2, -0.15) is 0 Å². The number of nitrogens with zero attached hydrogens (tertiary/aromatic N) is 2. The summed E-state index contributed by atoms with van der Waals surface area (Å²) in [6.45, 7) is 5.88. The van der Waals surface area contributed by atoms with Gasteiger partial charge >= 0.3 is 0 Å². The number of carbonyl (C=O) groups is 2. The summed E-state index contributed by atoms with van der Waals surface area (Å²) in [5.41, 5.74) is 3.01. The van der Waals surface area contributed by atoms with Crippen molar-refractivity contribution in [2.75, 3.05) is 13.1 Å². The molecule has 7 nitrogen and oxygen atoms in total. The number of pyridine rings is 2. The lowest BCUT2D eigenvalue weighted by Gasteiger charge is -2.26. The normalized spacial score (nSPS) is 16.8. The van der Waals surface area contributed by atoms with Crippen LogP contribution in [0.4, 0.5) is 0 Å². The van der Waals surface area contributed by atoms with E-state index >= 15 is 0 Å². The monoisotopic (exact) mass is 489 g/mol. The van der Waals surface area contributed by atoms with E-state index in [0.29, 0.717) is 26.1 Å². The fourth-order valence-electron chi connectivity index (χ4n) is 3.48. The van der Waals surface area contributed by atoms with Crippen LogP contribution in [-0.2, 0) is 22.7 Å². The molecule has 1 aliphatic rings. The van der Waals surface area contributed by atoms with Gasteiger partial charge in [-0.05, 0) is 50.1 Å². The standard InChI is InChI=1S/C21H27N5O2.3ClH/c1-15-5-3-8-23-17(15)12-25-19(27)11-21(7-10-22-14-21)20(28)26-13-18-16(2)6-4-9-24-18;;;/h3-6,8-9,22H,7,10-14H2,1-2H3,(H,25,27)(H,26,28);3*1H. The van der Waals surface area contributed by atoms with Crippen LogP contribution >= 0.6 is 37.2 Å². The Kier molecular flexibility index (Phi) is 12.6.